The Morgan fingerprint density at radius 1 is 1.20 bits per heavy atom. The number of hydrogen-bond acceptors (Lipinski definition) is 4. The van der Waals surface area contributed by atoms with Crippen molar-refractivity contribution in [1.82, 2.24) is 5.16 Å². The molecule has 25 heavy (non-hydrogen) atoms. The maximum Gasteiger partial charge on any atom is 0.250 e. The van der Waals surface area contributed by atoms with Crippen LogP contribution in [0.1, 0.15) is 5.69 Å². The highest BCUT2D eigenvalue weighted by atomic mass is 79.9. The van der Waals surface area contributed by atoms with Crippen LogP contribution in [-0.2, 0) is 16.1 Å². The van der Waals surface area contributed by atoms with E-state index in [1.165, 1.54) is 12.1 Å². The zero-order valence-electron chi connectivity index (χ0n) is 13.0. The van der Waals surface area contributed by atoms with Crippen molar-refractivity contribution in [3.8, 4) is 11.3 Å². The van der Waals surface area contributed by atoms with Gasteiger partial charge >= 0.3 is 0 Å². The van der Waals surface area contributed by atoms with Gasteiger partial charge < -0.3 is 14.6 Å². The van der Waals surface area contributed by atoms with Gasteiger partial charge in [0.25, 0.3) is 0 Å². The van der Waals surface area contributed by atoms with Crippen LogP contribution in [0.3, 0.4) is 0 Å². The molecule has 0 fully saturated rings. The van der Waals surface area contributed by atoms with Crippen molar-refractivity contribution >= 4 is 27.5 Å². The molecule has 0 radical (unpaired) electrons. The molecule has 1 aromatic heterocycles. The van der Waals surface area contributed by atoms with Gasteiger partial charge in [0, 0.05) is 16.1 Å². The molecule has 0 spiro atoms. The molecule has 0 saturated carbocycles. The number of benzene rings is 2. The average Bonchev–Trinajstić information content (AvgIpc) is 3.06. The third-order valence-corrected chi connectivity index (χ3v) is 4.01. The molecule has 0 atom stereocenters. The highest BCUT2D eigenvalue weighted by Gasteiger charge is 2.09. The van der Waals surface area contributed by atoms with Crippen molar-refractivity contribution in [2.45, 2.75) is 6.61 Å². The zero-order valence-corrected chi connectivity index (χ0v) is 14.6. The number of anilines is 1. The lowest BCUT2D eigenvalue weighted by molar-refractivity contribution is -0.121. The summed E-state index contributed by atoms with van der Waals surface area (Å²) in [5, 5.41) is 6.62. The molecule has 0 aliphatic rings. The minimum absolute atomic E-state index is 0.111. The van der Waals surface area contributed by atoms with Gasteiger partial charge in [-0.05, 0) is 52.3 Å². The van der Waals surface area contributed by atoms with E-state index in [9.17, 15) is 9.18 Å². The van der Waals surface area contributed by atoms with Crippen LogP contribution in [0.5, 0.6) is 0 Å². The third kappa shape index (κ3) is 4.74. The first-order valence-corrected chi connectivity index (χ1v) is 8.25. The van der Waals surface area contributed by atoms with Crippen molar-refractivity contribution < 1.29 is 18.4 Å². The number of ether oxygens (including phenoxy) is 1. The van der Waals surface area contributed by atoms with E-state index >= 15 is 0 Å². The van der Waals surface area contributed by atoms with Gasteiger partial charge in [0.15, 0.2) is 5.76 Å². The highest BCUT2D eigenvalue weighted by Crippen LogP contribution is 2.22. The molecule has 0 aliphatic carbocycles. The average molecular weight is 405 g/mol. The van der Waals surface area contributed by atoms with Crippen LogP contribution < -0.4 is 5.32 Å². The summed E-state index contributed by atoms with van der Waals surface area (Å²) in [6, 6.07) is 14.9. The van der Waals surface area contributed by atoms with Gasteiger partial charge in [-0.3, -0.25) is 4.79 Å². The molecule has 3 aromatic rings. The lowest BCUT2D eigenvalue weighted by Gasteiger charge is -2.07. The number of nitrogens with zero attached hydrogens (tertiary/aromatic N) is 1. The molecule has 0 saturated heterocycles. The maximum absolute atomic E-state index is 12.9. The van der Waals surface area contributed by atoms with Crippen molar-refractivity contribution in [3.63, 3.8) is 0 Å². The topological polar surface area (TPSA) is 64.4 Å². The highest BCUT2D eigenvalue weighted by molar-refractivity contribution is 9.10. The number of halogens is 2. The lowest BCUT2D eigenvalue weighted by atomic mass is 10.1. The standard InChI is InChI=1S/C18H14BrFN2O3/c19-15-3-1-2-4-16(15)21-18(23)11-24-10-14-9-17(25-22-14)12-5-7-13(20)8-6-12/h1-9H,10-11H2,(H,21,23). The Bertz CT molecular complexity index is 865. The summed E-state index contributed by atoms with van der Waals surface area (Å²) in [5.74, 6) is -0.0756. The van der Waals surface area contributed by atoms with Crippen molar-refractivity contribution in [3.05, 3.63) is 70.6 Å². The van der Waals surface area contributed by atoms with Crippen LogP contribution in [0.25, 0.3) is 11.3 Å². The second-order valence-corrected chi connectivity index (χ2v) is 6.06. The van der Waals surface area contributed by atoms with Crippen molar-refractivity contribution in [2.75, 3.05) is 11.9 Å². The van der Waals surface area contributed by atoms with Crippen LogP contribution >= 0.6 is 15.9 Å². The summed E-state index contributed by atoms with van der Waals surface area (Å²) >= 11 is 3.36. The summed E-state index contributed by atoms with van der Waals surface area (Å²) in [7, 11) is 0. The first-order chi connectivity index (χ1) is 12.1. The molecule has 1 amide bonds. The number of hydrogen-bond donors (Lipinski definition) is 1. The van der Waals surface area contributed by atoms with E-state index in [4.69, 9.17) is 9.26 Å². The fraction of sp³-hybridized carbons (Fsp3) is 0.111. The number of amides is 1. The molecule has 1 heterocycles. The van der Waals surface area contributed by atoms with Crippen LogP contribution in [0.4, 0.5) is 10.1 Å². The van der Waals surface area contributed by atoms with Crippen molar-refractivity contribution in [2.24, 2.45) is 0 Å². The first kappa shape index (κ1) is 17.3. The molecule has 128 valence electrons. The number of carbonyl (C=O) groups excluding carboxylic acids is 1. The van der Waals surface area contributed by atoms with Gasteiger partial charge in [-0.2, -0.15) is 0 Å². The maximum atomic E-state index is 12.9. The van der Waals surface area contributed by atoms with Crippen molar-refractivity contribution in [1.29, 1.82) is 0 Å². The molecule has 0 unspecified atom stereocenters. The first-order valence-electron chi connectivity index (χ1n) is 7.45. The Labute approximate surface area is 151 Å². The molecular weight excluding hydrogens is 391 g/mol. The second kappa shape index (κ2) is 8.04. The molecule has 3 rings (SSSR count). The summed E-state index contributed by atoms with van der Waals surface area (Å²) in [6.45, 7) is 0.0220. The van der Waals surface area contributed by atoms with Gasteiger partial charge in [-0.25, -0.2) is 4.39 Å². The van der Waals surface area contributed by atoms with Gasteiger partial charge in [-0.1, -0.05) is 17.3 Å². The van der Waals surface area contributed by atoms with E-state index in [-0.39, 0.29) is 24.9 Å². The van der Waals surface area contributed by atoms with Gasteiger partial charge in [0.2, 0.25) is 5.91 Å². The molecule has 1 N–H and O–H groups in total. The number of carbonyl (C=O) groups is 1. The predicted molar refractivity (Wildman–Crippen MR) is 94.3 cm³/mol. The predicted octanol–water partition coefficient (Wildman–Crippen LogP) is 4.40. The largest absolute Gasteiger partial charge is 0.365 e. The van der Waals surface area contributed by atoms with Gasteiger partial charge in [-0.15, -0.1) is 0 Å². The number of aromatic nitrogens is 1. The monoisotopic (exact) mass is 404 g/mol. The fourth-order valence-corrected chi connectivity index (χ4v) is 2.51. The smallest absolute Gasteiger partial charge is 0.250 e. The quantitative estimate of drug-likeness (QED) is 0.661. The minimum atomic E-state index is -0.317. The Hall–Kier alpha value is -2.51. The van der Waals surface area contributed by atoms with Crippen LogP contribution in [0.2, 0.25) is 0 Å². The number of rotatable bonds is 6. The number of nitrogens with one attached hydrogen (secondary N) is 1. The van der Waals surface area contributed by atoms with E-state index in [0.29, 0.717) is 22.7 Å². The lowest BCUT2D eigenvalue weighted by Crippen LogP contribution is -2.18. The van der Waals surface area contributed by atoms with Crippen LogP contribution in [-0.4, -0.2) is 17.7 Å². The Kier molecular flexibility index (Phi) is 5.57. The Balaban J connectivity index is 1.50. The molecule has 0 bridgehead atoms. The summed E-state index contributed by atoms with van der Waals surface area (Å²) in [4.78, 5) is 11.9. The second-order valence-electron chi connectivity index (χ2n) is 5.21. The van der Waals surface area contributed by atoms with E-state index in [1.807, 2.05) is 18.2 Å². The molecule has 2 aromatic carbocycles. The molecule has 0 aliphatic heterocycles. The third-order valence-electron chi connectivity index (χ3n) is 3.32. The normalized spacial score (nSPS) is 10.6. The Morgan fingerprint density at radius 3 is 2.72 bits per heavy atom. The summed E-state index contributed by atoms with van der Waals surface area (Å²) in [6.07, 6.45) is 0. The molecule has 7 heteroatoms. The summed E-state index contributed by atoms with van der Waals surface area (Å²) in [5.41, 5.74) is 1.94. The molecular formula is C18H14BrFN2O3. The number of para-hydroxylation sites is 1. The minimum Gasteiger partial charge on any atom is -0.365 e. The zero-order chi connectivity index (χ0) is 17.6. The van der Waals surface area contributed by atoms with E-state index in [2.05, 4.69) is 26.4 Å². The SMILES string of the molecule is O=C(COCc1cc(-c2ccc(F)cc2)on1)Nc1ccccc1Br. The fourth-order valence-electron chi connectivity index (χ4n) is 2.13. The Morgan fingerprint density at radius 2 is 1.96 bits per heavy atom. The van der Waals surface area contributed by atoms with Gasteiger partial charge in [0.1, 0.15) is 18.1 Å². The summed E-state index contributed by atoms with van der Waals surface area (Å²) < 4.78 is 24.3. The molecule has 5 nitrogen and oxygen atoms in total. The van der Waals surface area contributed by atoms with Gasteiger partial charge in [0.05, 0.1) is 12.3 Å². The van der Waals surface area contributed by atoms with Crippen LogP contribution in [0.15, 0.2) is 63.6 Å². The van der Waals surface area contributed by atoms with E-state index in [0.717, 1.165) is 4.47 Å². The van der Waals surface area contributed by atoms with E-state index < -0.39 is 0 Å². The van der Waals surface area contributed by atoms with E-state index in [1.54, 1.807) is 24.3 Å². The van der Waals surface area contributed by atoms with Crippen LogP contribution in [0, 0.1) is 5.82 Å².